The summed E-state index contributed by atoms with van der Waals surface area (Å²) < 4.78 is 0. The number of halogens is 1. The molecule has 2 heteroatoms. The van der Waals surface area contributed by atoms with Gasteiger partial charge in [-0.15, -0.1) is 0 Å². The second-order valence-electron chi connectivity index (χ2n) is 3.47. The molecule has 1 saturated heterocycles. The monoisotopic (exact) mass is 194 g/mol. The molecule has 0 spiro atoms. The van der Waals surface area contributed by atoms with Crippen molar-refractivity contribution in [3.05, 3.63) is 34.9 Å². The molecule has 1 aliphatic rings. The van der Waals surface area contributed by atoms with Crippen LogP contribution in [-0.2, 0) is 0 Å². The summed E-state index contributed by atoms with van der Waals surface area (Å²) in [5, 5.41) is 5.25. The fraction of sp³-hybridized carbons (Fsp3) is 0.455. The third-order valence-corrected chi connectivity index (χ3v) is 2.96. The average molecular weight is 195 g/mol. The first kappa shape index (κ1) is 9.04. The van der Waals surface area contributed by atoms with Gasteiger partial charge in [0.25, 0.3) is 0 Å². The van der Waals surface area contributed by atoms with Crippen molar-refractivity contribution in [1.29, 1.82) is 0 Å². The van der Waals surface area contributed by atoms with Crippen molar-refractivity contribution in [2.45, 2.75) is 18.8 Å². The predicted octanol–water partition coefficient (Wildman–Crippen LogP) is 2.82. The summed E-state index contributed by atoms with van der Waals surface area (Å²) in [6.45, 7) is 1.99. The van der Waals surface area contributed by atoms with E-state index in [9.17, 15) is 0 Å². The number of hydrogen-bond donors (Lipinski definition) is 0. The lowest BCUT2D eigenvalue weighted by atomic mass is 9.90. The van der Waals surface area contributed by atoms with Crippen molar-refractivity contribution in [2.24, 2.45) is 0 Å². The molecule has 2 rings (SSSR count). The zero-order valence-corrected chi connectivity index (χ0v) is 8.30. The van der Waals surface area contributed by atoms with Crippen LogP contribution in [-0.4, -0.2) is 13.1 Å². The van der Waals surface area contributed by atoms with Crippen molar-refractivity contribution in [3.63, 3.8) is 0 Å². The molecule has 1 aliphatic heterocycles. The Morgan fingerprint density at radius 1 is 1.15 bits per heavy atom. The Kier molecular flexibility index (Phi) is 2.87. The van der Waals surface area contributed by atoms with Gasteiger partial charge >= 0.3 is 0 Å². The van der Waals surface area contributed by atoms with Gasteiger partial charge in [0, 0.05) is 18.1 Å². The van der Waals surface area contributed by atoms with E-state index in [0.717, 1.165) is 31.0 Å². The van der Waals surface area contributed by atoms with Crippen molar-refractivity contribution in [3.8, 4) is 0 Å². The molecule has 1 aromatic rings. The van der Waals surface area contributed by atoms with Crippen LogP contribution >= 0.6 is 11.6 Å². The Bertz CT molecular complexity index is 279. The van der Waals surface area contributed by atoms with Crippen LogP contribution in [0.25, 0.3) is 0 Å². The standard InChI is InChI=1S/C11H13ClN/c12-11-4-2-1-3-10(11)9-5-7-13-8-6-9/h1-4,9H,5-8H2. The van der Waals surface area contributed by atoms with Gasteiger partial charge in [-0.25, -0.2) is 5.32 Å². The molecule has 0 aliphatic carbocycles. The maximum Gasteiger partial charge on any atom is 0.0440 e. The Hall–Kier alpha value is -0.530. The Morgan fingerprint density at radius 3 is 2.54 bits per heavy atom. The highest BCUT2D eigenvalue weighted by molar-refractivity contribution is 6.31. The molecular formula is C11H13ClN. The average Bonchev–Trinajstić information content (AvgIpc) is 2.20. The predicted molar refractivity (Wildman–Crippen MR) is 55.3 cm³/mol. The van der Waals surface area contributed by atoms with Gasteiger partial charge in [-0.1, -0.05) is 29.8 Å². The lowest BCUT2D eigenvalue weighted by Crippen LogP contribution is -2.21. The lowest BCUT2D eigenvalue weighted by Gasteiger charge is -2.22. The van der Waals surface area contributed by atoms with Gasteiger partial charge in [0.2, 0.25) is 0 Å². The fourth-order valence-corrected chi connectivity index (χ4v) is 2.16. The first-order valence-corrected chi connectivity index (χ1v) is 5.13. The van der Waals surface area contributed by atoms with E-state index in [0.29, 0.717) is 5.92 Å². The van der Waals surface area contributed by atoms with Crippen LogP contribution in [0, 0.1) is 0 Å². The molecule has 1 nitrogen and oxygen atoms in total. The number of hydrogen-bond acceptors (Lipinski definition) is 0. The molecule has 13 heavy (non-hydrogen) atoms. The highest BCUT2D eigenvalue weighted by Gasteiger charge is 2.17. The van der Waals surface area contributed by atoms with E-state index >= 15 is 0 Å². The number of rotatable bonds is 1. The first-order chi connectivity index (χ1) is 6.38. The Balaban J connectivity index is 2.18. The zero-order valence-electron chi connectivity index (χ0n) is 7.54. The number of benzene rings is 1. The van der Waals surface area contributed by atoms with E-state index in [1.807, 2.05) is 12.1 Å². The van der Waals surface area contributed by atoms with Crippen LogP contribution in [0.15, 0.2) is 24.3 Å². The van der Waals surface area contributed by atoms with Crippen LogP contribution in [0.4, 0.5) is 0 Å². The third kappa shape index (κ3) is 2.04. The lowest BCUT2D eigenvalue weighted by molar-refractivity contribution is 0.453. The summed E-state index contributed by atoms with van der Waals surface area (Å²) in [5.41, 5.74) is 1.30. The fourth-order valence-electron chi connectivity index (χ4n) is 1.87. The van der Waals surface area contributed by atoms with Gasteiger partial charge in [0.1, 0.15) is 0 Å². The molecule has 0 saturated carbocycles. The van der Waals surface area contributed by atoms with Gasteiger partial charge in [0.05, 0.1) is 0 Å². The second-order valence-corrected chi connectivity index (χ2v) is 3.87. The van der Waals surface area contributed by atoms with Crippen LogP contribution in [0.5, 0.6) is 0 Å². The maximum atomic E-state index is 6.13. The van der Waals surface area contributed by atoms with E-state index in [1.165, 1.54) is 5.56 Å². The summed E-state index contributed by atoms with van der Waals surface area (Å²) >= 11 is 6.13. The number of nitrogens with zero attached hydrogens (tertiary/aromatic N) is 1. The Labute approximate surface area is 84.1 Å². The van der Waals surface area contributed by atoms with E-state index < -0.39 is 0 Å². The molecular weight excluding hydrogens is 182 g/mol. The third-order valence-electron chi connectivity index (χ3n) is 2.62. The number of piperidine rings is 1. The molecule has 0 atom stereocenters. The summed E-state index contributed by atoms with van der Waals surface area (Å²) in [6, 6.07) is 8.16. The van der Waals surface area contributed by atoms with E-state index in [2.05, 4.69) is 17.4 Å². The SMILES string of the molecule is Clc1ccccc1C1CC[N]CC1. The molecule has 1 radical (unpaired) electrons. The zero-order chi connectivity index (χ0) is 9.10. The first-order valence-electron chi connectivity index (χ1n) is 4.75. The van der Waals surface area contributed by atoms with E-state index in [-0.39, 0.29) is 0 Å². The van der Waals surface area contributed by atoms with Crippen molar-refractivity contribution in [1.82, 2.24) is 5.32 Å². The van der Waals surface area contributed by atoms with Crippen LogP contribution in [0.1, 0.15) is 24.3 Å². The highest BCUT2D eigenvalue weighted by atomic mass is 35.5. The van der Waals surface area contributed by atoms with Crippen molar-refractivity contribution < 1.29 is 0 Å². The molecule has 0 bridgehead atoms. The molecule has 1 heterocycles. The van der Waals surface area contributed by atoms with Gasteiger partial charge < -0.3 is 0 Å². The summed E-state index contributed by atoms with van der Waals surface area (Å²) in [6.07, 6.45) is 2.31. The molecule has 0 amide bonds. The molecule has 1 fully saturated rings. The summed E-state index contributed by atoms with van der Waals surface area (Å²) in [4.78, 5) is 0. The molecule has 0 unspecified atom stereocenters. The van der Waals surface area contributed by atoms with Crippen LogP contribution in [0.3, 0.4) is 0 Å². The summed E-state index contributed by atoms with van der Waals surface area (Å²) in [5.74, 6) is 0.631. The van der Waals surface area contributed by atoms with Crippen molar-refractivity contribution >= 4 is 11.6 Å². The smallest absolute Gasteiger partial charge is 0.0440 e. The van der Waals surface area contributed by atoms with Gasteiger partial charge in [-0.2, -0.15) is 0 Å². The second kappa shape index (κ2) is 4.12. The van der Waals surface area contributed by atoms with E-state index in [4.69, 9.17) is 11.6 Å². The Morgan fingerprint density at radius 2 is 1.85 bits per heavy atom. The molecule has 69 valence electrons. The highest BCUT2D eigenvalue weighted by Crippen LogP contribution is 2.30. The van der Waals surface area contributed by atoms with Crippen LogP contribution in [0.2, 0.25) is 5.02 Å². The molecule has 0 N–H and O–H groups in total. The van der Waals surface area contributed by atoms with Crippen LogP contribution < -0.4 is 5.32 Å². The normalized spacial score (nSPS) is 18.8. The minimum atomic E-state index is 0.631. The van der Waals surface area contributed by atoms with E-state index in [1.54, 1.807) is 0 Å². The quantitative estimate of drug-likeness (QED) is 0.653. The topological polar surface area (TPSA) is 14.1 Å². The molecule has 0 aromatic heterocycles. The minimum Gasteiger partial charge on any atom is -0.242 e. The van der Waals surface area contributed by atoms with Gasteiger partial charge in [-0.05, 0) is 30.4 Å². The summed E-state index contributed by atoms with van der Waals surface area (Å²) in [7, 11) is 0. The molecule has 1 aromatic carbocycles. The van der Waals surface area contributed by atoms with Gasteiger partial charge in [-0.3, -0.25) is 0 Å². The minimum absolute atomic E-state index is 0.631. The maximum absolute atomic E-state index is 6.13. The van der Waals surface area contributed by atoms with Gasteiger partial charge in [0.15, 0.2) is 0 Å². The largest absolute Gasteiger partial charge is 0.242 e. The van der Waals surface area contributed by atoms with Crippen molar-refractivity contribution in [2.75, 3.05) is 13.1 Å².